The van der Waals surface area contributed by atoms with Gasteiger partial charge in [0, 0.05) is 24.4 Å². The molecule has 1 N–H and O–H groups in total. The molecule has 2 heterocycles. The molecular formula is C19H21FN4O2. The molecule has 1 aromatic carbocycles. The highest BCUT2D eigenvalue weighted by Crippen LogP contribution is 2.26. The monoisotopic (exact) mass is 356 g/mol. The van der Waals surface area contributed by atoms with Crippen molar-refractivity contribution >= 4 is 11.6 Å². The molecule has 3 aromatic rings. The van der Waals surface area contributed by atoms with Gasteiger partial charge >= 0.3 is 0 Å². The number of ether oxygens (including phenoxy) is 1. The largest absolute Gasteiger partial charge is 0.383 e. The molecule has 2 aromatic heterocycles. The van der Waals surface area contributed by atoms with Gasteiger partial charge in [-0.3, -0.25) is 4.79 Å². The first-order chi connectivity index (χ1) is 12.6. The quantitative estimate of drug-likeness (QED) is 0.737. The molecule has 0 radical (unpaired) electrons. The average Bonchev–Trinajstić information content (AvgIpc) is 3.06. The molecule has 7 heteroatoms. The summed E-state index contributed by atoms with van der Waals surface area (Å²) in [6, 6.07) is 6.40. The number of nitrogens with one attached hydrogen (secondary N) is 1. The summed E-state index contributed by atoms with van der Waals surface area (Å²) in [6.07, 6.45) is 3.83. The van der Waals surface area contributed by atoms with Crippen LogP contribution in [0, 0.1) is 12.7 Å². The molecule has 0 bridgehead atoms. The van der Waals surface area contributed by atoms with Gasteiger partial charge in [-0.15, -0.1) is 0 Å². The fraction of sp³-hybridized carbons (Fsp3) is 0.316. The van der Waals surface area contributed by atoms with Crippen molar-refractivity contribution in [2.24, 2.45) is 0 Å². The van der Waals surface area contributed by atoms with Gasteiger partial charge in [-0.2, -0.15) is 5.10 Å². The molecule has 1 unspecified atom stereocenters. The van der Waals surface area contributed by atoms with Gasteiger partial charge in [-0.05, 0) is 19.4 Å². The van der Waals surface area contributed by atoms with Crippen molar-refractivity contribution in [1.82, 2.24) is 19.9 Å². The molecule has 0 fully saturated rings. The van der Waals surface area contributed by atoms with Gasteiger partial charge in [0.25, 0.3) is 5.91 Å². The molecule has 3 rings (SSSR count). The highest BCUT2D eigenvalue weighted by Gasteiger charge is 2.19. The Balaban J connectivity index is 1.98. The molecule has 0 saturated carbocycles. The van der Waals surface area contributed by atoms with E-state index in [-0.39, 0.29) is 17.8 Å². The van der Waals surface area contributed by atoms with Crippen LogP contribution in [0.25, 0.3) is 16.8 Å². The lowest BCUT2D eigenvalue weighted by Gasteiger charge is -2.16. The van der Waals surface area contributed by atoms with E-state index in [2.05, 4.69) is 15.4 Å². The van der Waals surface area contributed by atoms with Crippen molar-refractivity contribution in [3.8, 4) is 11.1 Å². The van der Waals surface area contributed by atoms with Gasteiger partial charge in [-0.1, -0.05) is 25.1 Å². The third-order valence-corrected chi connectivity index (χ3v) is 4.37. The lowest BCUT2D eigenvalue weighted by molar-refractivity contribution is 0.0893. The summed E-state index contributed by atoms with van der Waals surface area (Å²) >= 11 is 0. The molecular weight excluding hydrogens is 335 g/mol. The van der Waals surface area contributed by atoms with Crippen molar-refractivity contribution in [2.75, 3.05) is 13.7 Å². The smallest absolute Gasteiger partial charge is 0.254 e. The molecule has 1 amide bonds. The second-order valence-corrected chi connectivity index (χ2v) is 6.06. The Hall–Kier alpha value is -2.80. The number of aromatic nitrogens is 3. The van der Waals surface area contributed by atoms with E-state index < -0.39 is 0 Å². The van der Waals surface area contributed by atoms with Gasteiger partial charge in [0.2, 0.25) is 0 Å². The van der Waals surface area contributed by atoms with Crippen LogP contribution in [-0.4, -0.2) is 40.3 Å². The minimum Gasteiger partial charge on any atom is -0.383 e. The minimum absolute atomic E-state index is 0.0748. The summed E-state index contributed by atoms with van der Waals surface area (Å²) in [4.78, 5) is 16.9. The number of nitrogens with zero attached hydrogens (tertiary/aromatic N) is 3. The topological polar surface area (TPSA) is 68.5 Å². The maximum atomic E-state index is 14.1. The van der Waals surface area contributed by atoms with Crippen molar-refractivity contribution in [3.05, 3.63) is 53.7 Å². The maximum Gasteiger partial charge on any atom is 0.254 e. The Bertz CT molecular complexity index is 938. The number of amides is 1. The number of benzene rings is 1. The summed E-state index contributed by atoms with van der Waals surface area (Å²) < 4.78 is 20.8. The lowest BCUT2D eigenvalue weighted by atomic mass is 10.1. The van der Waals surface area contributed by atoms with Crippen LogP contribution < -0.4 is 5.32 Å². The Labute approximate surface area is 151 Å². The fourth-order valence-corrected chi connectivity index (χ4v) is 2.86. The molecule has 0 aliphatic carbocycles. The van der Waals surface area contributed by atoms with E-state index in [1.54, 1.807) is 42.9 Å². The van der Waals surface area contributed by atoms with Crippen LogP contribution >= 0.6 is 0 Å². The normalized spacial score (nSPS) is 12.3. The third-order valence-electron chi connectivity index (χ3n) is 4.37. The van der Waals surface area contributed by atoms with Crippen LogP contribution in [0.3, 0.4) is 0 Å². The lowest BCUT2D eigenvalue weighted by Crippen LogP contribution is -2.38. The van der Waals surface area contributed by atoms with Gasteiger partial charge in [-0.25, -0.2) is 13.9 Å². The third kappa shape index (κ3) is 3.30. The van der Waals surface area contributed by atoms with Crippen molar-refractivity contribution < 1.29 is 13.9 Å². The SMILES string of the molecule is CCC(COC)NC(=O)c1cnc2c(-c3ccccc3F)cnn2c1C. The van der Waals surface area contributed by atoms with Crippen LogP contribution in [-0.2, 0) is 4.74 Å². The van der Waals surface area contributed by atoms with Crippen LogP contribution in [0.15, 0.2) is 36.7 Å². The Morgan fingerprint density at radius 3 is 2.77 bits per heavy atom. The molecule has 1 atom stereocenters. The van der Waals surface area contributed by atoms with Gasteiger partial charge in [0.1, 0.15) is 5.82 Å². The summed E-state index contributed by atoms with van der Waals surface area (Å²) in [6.45, 7) is 4.21. The molecule has 136 valence electrons. The van der Waals surface area contributed by atoms with Crippen LogP contribution in [0.2, 0.25) is 0 Å². The molecule has 6 nitrogen and oxygen atoms in total. The summed E-state index contributed by atoms with van der Waals surface area (Å²) in [5.74, 6) is -0.572. The van der Waals surface area contributed by atoms with E-state index in [0.29, 0.717) is 34.6 Å². The maximum absolute atomic E-state index is 14.1. The number of methoxy groups -OCH3 is 1. The van der Waals surface area contributed by atoms with E-state index in [0.717, 1.165) is 6.42 Å². The van der Waals surface area contributed by atoms with E-state index in [9.17, 15) is 9.18 Å². The van der Waals surface area contributed by atoms with Gasteiger partial charge in [0.15, 0.2) is 5.65 Å². The molecule has 0 spiro atoms. The van der Waals surface area contributed by atoms with E-state index in [1.807, 2.05) is 6.92 Å². The first-order valence-corrected chi connectivity index (χ1v) is 8.44. The predicted molar refractivity (Wildman–Crippen MR) is 96.5 cm³/mol. The van der Waals surface area contributed by atoms with E-state index >= 15 is 0 Å². The second-order valence-electron chi connectivity index (χ2n) is 6.06. The average molecular weight is 356 g/mol. The first kappa shape index (κ1) is 18.0. The van der Waals surface area contributed by atoms with Crippen LogP contribution in [0.4, 0.5) is 4.39 Å². The zero-order valence-electron chi connectivity index (χ0n) is 15.0. The highest BCUT2D eigenvalue weighted by molar-refractivity contribution is 5.95. The molecule has 0 aliphatic heterocycles. The first-order valence-electron chi connectivity index (χ1n) is 8.44. The minimum atomic E-state index is -0.339. The zero-order valence-corrected chi connectivity index (χ0v) is 15.0. The summed E-state index contributed by atoms with van der Waals surface area (Å²) in [7, 11) is 1.60. The fourth-order valence-electron chi connectivity index (χ4n) is 2.86. The Morgan fingerprint density at radius 2 is 2.08 bits per heavy atom. The number of hydrogen-bond donors (Lipinski definition) is 1. The zero-order chi connectivity index (χ0) is 18.7. The number of fused-ring (bicyclic) bond motifs is 1. The standard InChI is InChI=1S/C19H21FN4O2/c1-4-13(11-26-3)23-19(25)15-9-21-18-16(10-22-24(18)12(15)2)14-7-5-6-8-17(14)20/h5-10,13H,4,11H2,1-3H3,(H,23,25). The van der Waals surface area contributed by atoms with Gasteiger partial charge in [0.05, 0.1) is 30.1 Å². The summed E-state index contributed by atoms with van der Waals surface area (Å²) in [5, 5.41) is 7.23. The number of rotatable bonds is 6. The predicted octanol–water partition coefficient (Wildman–Crippen LogP) is 3.00. The van der Waals surface area contributed by atoms with Gasteiger partial charge < -0.3 is 10.1 Å². The van der Waals surface area contributed by atoms with Crippen LogP contribution in [0.1, 0.15) is 29.4 Å². The van der Waals surface area contributed by atoms with Crippen molar-refractivity contribution in [2.45, 2.75) is 26.3 Å². The van der Waals surface area contributed by atoms with E-state index in [1.165, 1.54) is 12.3 Å². The van der Waals surface area contributed by atoms with Crippen LogP contribution in [0.5, 0.6) is 0 Å². The molecule has 26 heavy (non-hydrogen) atoms. The Kier molecular flexibility index (Phi) is 5.27. The van der Waals surface area contributed by atoms with Crippen molar-refractivity contribution in [1.29, 1.82) is 0 Å². The molecule has 0 saturated heterocycles. The number of aryl methyl sites for hydroxylation is 1. The Morgan fingerprint density at radius 1 is 1.31 bits per heavy atom. The number of halogens is 1. The molecule has 0 aliphatic rings. The summed E-state index contributed by atoms with van der Waals surface area (Å²) in [5.41, 5.74) is 2.59. The highest BCUT2D eigenvalue weighted by atomic mass is 19.1. The number of hydrogen-bond acceptors (Lipinski definition) is 4. The van der Waals surface area contributed by atoms with E-state index in [4.69, 9.17) is 4.74 Å². The number of carbonyl (C=O) groups excluding carboxylic acids is 1. The number of carbonyl (C=O) groups is 1. The second kappa shape index (κ2) is 7.61. The van der Waals surface area contributed by atoms with Crippen molar-refractivity contribution in [3.63, 3.8) is 0 Å².